The van der Waals surface area contributed by atoms with Crippen LogP contribution in [0, 0.1) is 0 Å². The molecule has 0 aliphatic rings. The molecular formula is C22H30NO6P. The molecule has 8 heteroatoms. The molecule has 30 heavy (non-hydrogen) atoms. The van der Waals surface area contributed by atoms with Crippen molar-refractivity contribution < 1.29 is 28.1 Å². The number of nitrogens with one attached hydrogen (secondary N) is 1. The van der Waals surface area contributed by atoms with E-state index in [1.807, 2.05) is 36.4 Å². The third-order valence-electron chi connectivity index (χ3n) is 4.19. The van der Waals surface area contributed by atoms with Crippen LogP contribution in [0.25, 0.3) is 0 Å². The van der Waals surface area contributed by atoms with Crippen molar-refractivity contribution in [3.8, 4) is 0 Å². The highest BCUT2D eigenvalue weighted by Gasteiger charge is 2.45. The molecule has 2 unspecified atom stereocenters. The van der Waals surface area contributed by atoms with Gasteiger partial charge in [0.15, 0.2) is 0 Å². The number of ether oxygens (including phenoxy) is 3. The SMILES string of the molecule is CCOC(OCC)P(=O)(OCC)C(NC(=O)OCc1ccccc1)c1ccccc1. The molecule has 0 aliphatic carbocycles. The van der Waals surface area contributed by atoms with Crippen molar-refractivity contribution in [3.63, 3.8) is 0 Å². The Bertz CT molecular complexity index is 796. The van der Waals surface area contributed by atoms with Crippen molar-refractivity contribution in [3.05, 3.63) is 71.8 Å². The van der Waals surface area contributed by atoms with Crippen molar-refractivity contribution in [2.45, 2.75) is 39.2 Å². The summed E-state index contributed by atoms with van der Waals surface area (Å²) in [6, 6.07) is 17.2. The summed E-state index contributed by atoms with van der Waals surface area (Å²) >= 11 is 0. The van der Waals surface area contributed by atoms with Crippen LogP contribution >= 0.6 is 7.37 Å². The van der Waals surface area contributed by atoms with E-state index in [9.17, 15) is 9.36 Å². The van der Waals surface area contributed by atoms with Crippen LogP contribution in [0.15, 0.2) is 60.7 Å². The van der Waals surface area contributed by atoms with Gasteiger partial charge in [0.1, 0.15) is 12.4 Å². The molecule has 2 rings (SSSR count). The quantitative estimate of drug-likeness (QED) is 0.361. The number of benzene rings is 2. The lowest BCUT2D eigenvalue weighted by atomic mass is 10.2. The summed E-state index contributed by atoms with van der Waals surface area (Å²) in [5, 5.41) is 2.72. The second kappa shape index (κ2) is 12.5. The van der Waals surface area contributed by atoms with Gasteiger partial charge in [0.25, 0.3) is 7.37 Å². The van der Waals surface area contributed by atoms with E-state index < -0.39 is 25.3 Å². The van der Waals surface area contributed by atoms with Gasteiger partial charge in [-0.25, -0.2) is 4.79 Å². The van der Waals surface area contributed by atoms with Crippen LogP contribution in [0.3, 0.4) is 0 Å². The molecule has 2 aromatic carbocycles. The van der Waals surface area contributed by atoms with Gasteiger partial charge in [0, 0.05) is 13.2 Å². The minimum atomic E-state index is -3.70. The second-order valence-corrected chi connectivity index (χ2v) is 8.79. The zero-order chi connectivity index (χ0) is 21.8. The lowest BCUT2D eigenvalue weighted by molar-refractivity contribution is -0.0900. The molecule has 0 saturated carbocycles. The first kappa shape index (κ1) is 24.1. The van der Waals surface area contributed by atoms with Crippen LogP contribution in [-0.2, 0) is 29.9 Å². The predicted molar refractivity (Wildman–Crippen MR) is 115 cm³/mol. The van der Waals surface area contributed by atoms with Crippen molar-refractivity contribution in [1.29, 1.82) is 0 Å². The zero-order valence-electron chi connectivity index (χ0n) is 17.7. The number of hydrogen-bond donors (Lipinski definition) is 1. The number of rotatable bonds is 12. The van der Waals surface area contributed by atoms with Gasteiger partial charge in [-0.05, 0) is 31.9 Å². The van der Waals surface area contributed by atoms with Crippen LogP contribution in [0.2, 0.25) is 0 Å². The Morgan fingerprint density at radius 1 is 0.900 bits per heavy atom. The fraction of sp³-hybridized carbons (Fsp3) is 0.409. The molecule has 2 atom stereocenters. The maximum absolute atomic E-state index is 14.1. The van der Waals surface area contributed by atoms with Gasteiger partial charge in [-0.1, -0.05) is 60.7 Å². The van der Waals surface area contributed by atoms with Gasteiger partial charge >= 0.3 is 6.09 Å². The Balaban J connectivity index is 2.30. The van der Waals surface area contributed by atoms with E-state index in [2.05, 4.69) is 5.32 Å². The molecule has 0 fully saturated rings. The molecule has 0 aliphatic heterocycles. The summed E-state index contributed by atoms with van der Waals surface area (Å²) in [7, 11) is -3.70. The summed E-state index contributed by atoms with van der Waals surface area (Å²) in [6.45, 7) is 6.11. The fourth-order valence-corrected chi connectivity index (χ4v) is 5.40. The standard InChI is InChI=1S/C22H30NO6P/c1-4-26-22(27-5-2)30(25,29-6-3)20(19-15-11-8-12-16-19)23-21(24)28-17-18-13-9-7-10-14-18/h7-16,20,22H,4-6,17H2,1-3H3,(H,23,24). The minimum absolute atomic E-state index is 0.0907. The van der Waals surface area contributed by atoms with Gasteiger partial charge in [-0.3, -0.25) is 4.57 Å². The molecule has 7 nitrogen and oxygen atoms in total. The molecule has 0 aromatic heterocycles. The van der Waals surface area contributed by atoms with Gasteiger partial charge in [0.05, 0.1) is 6.61 Å². The van der Waals surface area contributed by atoms with Crippen LogP contribution in [-0.4, -0.2) is 31.9 Å². The number of hydrogen-bond acceptors (Lipinski definition) is 6. The fourth-order valence-electron chi connectivity index (χ4n) is 2.89. The molecule has 0 radical (unpaired) electrons. The van der Waals surface area contributed by atoms with Gasteiger partial charge in [-0.15, -0.1) is 0 Å². The number of amides is 1. The molecule has 164 valence electrons. The first-order chi connectivity index (χ1) is 14.5. The highest BCUT2D eigenvalue weighted by Crippen LogP contribution is 2.63. The minimum Gasteiger partial charge on any atom is -0.445 e. The van der Waals surface area contributed by atoms with Crippen molar-refractivity contribution in [2.24, 2.45) is 0 Å². The van der Waals surface area contributed by atoms with E-state index in [0.717, 1.165) is 5.56 Å². The molecule has 0 heterocycles. The average molecular weight is 435 g/mol. The van der Waals surface area contributed by atoms with E-state index >= 15 is 0 Å². The van der Waals surface area contributed by atoms with Crippen molar-refractivity contribution in [1.82, 2.24) is 5.32 Å². The Morgan fingerprint density at radius 3 is 2.00 bits per heavy atom. The number of carbonyl (C=O) groups is 1. The topological polar surface area (TPSA) is 83.1 Å². The Morgan fingerprint density at radius 2 is 1.47 bits per heavy atom. The van der Waals surface area contributed by atoms with Crippen LogP contribution in [0.5, 0.6) is 0 Å². The molecule has 0 bridgehead atoms. The maximum Gasteiger partial charge on any atom is 0.408 e. The molecular weight excluding hydrogens is 405 g/mol. The molecule has 0 spiro atoms. The van der Waals surface area contributed by atoms with Crippen molar-refractivity contribution in [2.75, 3.05) is 19.8 Å². The summed E-state index contributed by atoms with van der Waals surface area (Å²) in [6.07, 6.45) is -0.709. The van der Waals surface area contributed by atoms with E-state index in [1.165, 1.54) is 0 Å². The molecule has 2 aromatic rings. The average Bonchev–Trinajstić information content (AvgIpc) is 2.77. The van der Waals surface area contributed by atoms with Crippen molar-refractivity contribution >= 4 is 13.5 Å². The summed E-state index contributed by atoms with van der Waals surface area (Å²) < 4.78 is 36.3. The van der Waals surface area contributed by atoms with Gasteiger partial charge < -0.3 is 24.1 Å². The maximum atomic E-state index is 14.1. The highest BCUT2D eigenvalue weighted by molar-refractivity contribution is 7.59. The van der Waals surface area contributed by atoms with E-state index in [4.69, 9.17) is 18.7 Å². The summed E-state index contributed by atoms with van der Waals surface area (Å²) in [5.74, 6) is -0.995. The van der Waals surface area contributed by atoms with E-state index in [0.29, 0.717) is 5.56 Å². The highest BCUT2D eigenvalue weighted by atomic mass is 31.2. The molecule has 0 saturated heterocycles. The molecule has 1 N–H and O–H groups in total. The Hall–Kier alpha value is -2.18. The number of carbonyl (C=O) groups excluding carboxylic acids is 1. The summed E-state index contributed by atoms with van der Waals surface area (Å²) in [4.78, 5) is 12.6. The Labute approximate surface area is 178 Å². The lowest BCUT2D eigenvalue weighted by Gasteiger charge is -2.33. The monoisotopic (exact) mass is 435 g/mol. The first-order valence-corrected chi connectivity index (χ1v) is 11.8. The largest absolute Gasteiger partial charge is 0.445 e. The normalized spacial score (nSPS) is 14.1. The predicted octanol–water partition coefficient (Wildman–Crippen LogP) is 5.28. The van der Waals surface area contributed by atoms with Crippen LogP contribution < -0.4 is 5.32 Å². The van der Waals surface area contributed by atoms with Crippen LogP contribution in [0.1, 0.15) is 37.7 Å². The van der Waals surface area contributed by atoms with Crippen LogP contribution in [0.4, 0.5) is 4.79 Å². The van der Waals surface area contributed by atoms with E-state index in [1.54, 1.807) is 45.0 Å². The lowest BCUT2D eigenvalue weighted by Crippen LogP contribution is -2.34. The zero-order valence-corrected chi connectivity index (χ0v) is 18.5. The second-order valence-electron chi connectivity index (χ2n) is 6.30. The van der Waals surface area contributed by atoms with E-state index in [-0.39, 0.29) is 26.4 Å². The first-order valence-electron chi connectivity index (χ1n) is 10.0. The Kier molecular flexibility index (Phi) is 10.0. The van der Waals surface area contributed by atoms with Gasteiger partial charge in [0.2, 0.25) is 6.03 Å². The molecule has 1 amide bonds. The summed E-state index contributed by atoms with van der Waals surface area (Å²) in [5.41, 5.74) is 1.45. The number of alkyl carbamates (subject to hydrolysis) is 1. The third-order valence-corrected chi connectivity index (χ3v) is 6.88. The van der Waals surface area contributed by atoms with Gasteiger partial charge in [-0.2, -0.15) is 0 Å². The third kappa shape index (κ3) is 6.67. The smallest absolute Gasteiger partial charge is 0.408 e.